The molecule has 13 heavy (non-hydrogen) atoms. The molecule has 0 heterocycles. The Morgan fingerprint density at radius 3 is 2.62 bits per heavy atom. The van der Waals surface area contributed by atoms with E-state index in [1.807, 2.05) is 7.05 Å². The number of nitrogens with two attached hydrogens (primary N) is 1. The number of hydrogen-bond donors (Lipinski definition) is 1. The minimum absolute atomic E-state index is 0.591. The van der Waals surface area contributed by atoms with E-state index in [2.05, 4.69) is 23.7 Å². The van der Waals surface area contributed by atoms with Crippen LogP contribution in [0.4, 0.5) is 0 Å². The van der Waals surface area contributed by atoms with Crippen molar-refractivity contribution in [1.82, 2.24) is 4.90 Å². The van der Waals surface area contributed by atoms with E-state index in [4.69, 9.17) is 5.73 Å². The van der Waals surface area contributed by atoms with E-state index in [1.54, 1.807) is 0 Å². The molecule has 1 aliphatic rings. The second-order valence-electron chi connectivity index (χ2n) is 4.42. The molecule has 0 atom stereocenters. The molecule has 1 rings (SSSR count). The molecule has 0 bridgehead atoms. The lowest BCUT2D eigenvalue weighted by atomic mass is 10.2. The van der Waals surface area contributed by atoms with Crippen LogP contribution < -0.4 is 5.73 Å². The van der Waals surface area contributed by atoms with E-state index in [9.17, 15) is 0 Å². The number of guanidine groups is 1. The monoisotopic (exact) mass is 183 g/mol. The molecule has 3 heteroatoms. The third-order valence-electron chi connectivity index (χ3n) is 2.24. The van der Waals surface area contributed by atoms with Crippen LogP contribution >= 0.6 is 0 Å². The van der Waals surface area contributed by atoms with Gasteiger partial charge >= 0.3 is 0 Å². The molecule has 2 N–H and O–H groups in total. The summed E-state index contributed by atoms with van der Waals surface area (Å²) in [6.07, 6.45) is 2.73. The summed E-state index contributed by atoms with van der Waals surface area (Å²) in [6.45, 7) is 6.21. The molecule has 1 aliphatic carbocycles. The molecular formula is C10H21N3. The third kappa shape index (κ3) is 4.15. The first kappa shape index (κ1) is 10.4. The van der Waals surface area contributed by atoms with Crippen LogP contribution in [0.5, 0.6) is 0 Å². The zero-order chi connectivity index (χ0) is 9.84. The van der Waals surface area contributed by atoms with Gasteiger partial charge in [-0.1, -0.05) is 13.8 Å². The second kappa shape index (κ2) is 4.49. The number of aliphatic imine (C=N–C) groups is 1. The Labute approximate surface area is 81.0 Å². The Morgan fingerprint density at radius 2 is 2.15 bits per heavy atom. The summed E-state index contributed by atoms with van der Waals surface area (Å²) >= 11 is 0. The Kier molecular flexibility index (Phi) is 3.58. The zero-order valence-corrected chi connectivity index (χ0v) is 8.95. The van der Waals surface area contributed by atoms with Gasteiger partial charge in [-0.3, -0.25) is 4.99 Å². The van der Waals surface area contributed by atoms with E-state index < -0.39 is 0 Å². The Hall–Kier alpha value is -0.730. The van der Waals surface area contributed by atoms with Crippen LogP contribution in [0.2, 0.25) is 0 Å². The smallest absolute Gasteiger partial charge is 0.191 e. The van der Waals surface area contributed by atoms with Gasteiger partial charge in [-0.15, -0.1) is 0 Å². The molecule has 0 aromatic carbocycles. The van der Waals surface area contributed by atoms with Gasteiger partial charge in [-0.25, -0.2) is 0 Å². The Bertz CT molecular complexity index is 183. The van der Waals surface area contributed by atoms with Crippen LogP contribution in [0.15, 0.2) is 4.99 Å². The minimum atomic E-state index is 0.591. The zero-order valence-electron chi connectivity index (χ0n) is 8.95. The van der Waals surface area contributed by atoms with E-state index in [0.717, 1.165) is 19.0 Å². The summed E-state index contributed by atoms with van der Waals surface area (Å²) in [6, 6.07) is 0. The van der Waals surface area contributed by atoms with Crippen molar-refractivity contribution in [3.05, 3.63) is 0 Å². The largest absolute Gasteiger partial charge is 0.370 e. The fourth-order valence-electron chi connectivity index (χ4n) is 1.18. The highest BCUT2D eigenvalue weighted by Crippen LogP contribution is 2.29. The van der Waals surface area contributed by atoms with E-state index >= 15 is 0 Å². The van der Waals surface area contributed by atoms with Crippen molar-refractivity contribution in [2.24, 2.45) is 22.6 Å². The molecule has 0 aromatic heterocycles. The predicted octanol–water partition coefficient (Wildman–Crippen LogP) is 1.30. The average molecular weight is 183 g/mol. The maximum absolute atomic E-state index is 5.82. The molecule has 0 unspecified atom stereocenters. The van der Waals surface area contributed by atoms with Gasteiger partial charge in [0.25, 0.3) is 0 Å². The fourth-order valence-corrected chi connectivity index (χ4v) is 1.18. The molecule has 1 saturated carbocycles. The van der Waals surface area contributed by atoms with Crippen LogP contribution in [0.1, 0.15) is 26.7 Å². The van der Waals surface area contributed by atoms with Gasteiger partial charge in [0.15, 0.2) is 5.96 Å². The summed E-state index contributed by atoms with van der Waals surface area (Å²) in [7, 11) is 2.03. The summed E-state index contributed by atoms with van der Waals surface area (Å²) in [5.74, 6) is 2.16. The quantitative estimate of drug-likeness (QED) is 0.527. The van der Waals surface area contributed by atoms with E-state index in [1.165, 1.54) is 12.8 Å². The van der Waals surface area contributed by atoms with Crippen molar-refractivity contribution < 1.29 is 0 Å². The first-order valence-electron chi connectivity index (χ1n) is 5.10. The first-order valence-corrected chi connectivity index (χ1v) is 5.10. The molecule has 0 aromatic rings. The first-order chi connectivity index (χ1) is 6.09. The van der Waals surface area contributed by atoms with Crippen LogP contribution in [0.3, 0.4) is 0 Å². The second-order valence-corrected chi connectivity index (χ2v) is 4.42. The van der Waals surface area contributed by atoms with Crippen molar-refractivity contribution in [2.45, 2.75) is 26.7 Å². The predicted molar refractivity (Wildman–Crippen MR) is 56.7 cm³/mol. The van der Waals surface area contributed by atoms with Gasteiger partial charge in [0.1, 0.15) is 0 Å². The Morgan fingerprint density at radius 1 is 1.54 bits per heavy atom. The standard InChI is InChI=1S/C10H21N3/c1-8(2)6-12-10(11)13(3)7-9-4-5-9/h8-9H,4-7H2,1-3H3,(H2,11,12). The van der Waals surface area contributed by atoms with Crippen molar-refractivity contribution in [3.63, 3.8) is 0 Å². The molecule has 76 valence electrons. The number of rotatable bonds is 4. The molecule has 3 nitrogen and oxygen atoms in total. The summed E-state index contributed by atoms with van der Waals surface area (Å²) in [5, 5.41) is 0. The summed E-state index contributed by atoms with van der Waals surface area (Å²) in [5.41, 5.74) is 5.82. The fraction of sp³-hybridized carbons (Fsp3) is 0.900. The van der Waals surface area contributed by atoms with E-state index in [0.29, 0.717) is 11.9 Å². The molecule has 0 amide bonds. The highest BCUT2D eigenvalue weighted by molar-refractivity contribution is 5.77. The van der Waals surface area contributed by atoms with Crippen molar-refractivity contribution in [3.8, 4) is 0 Å². The highest BCUT2D eigenvalue weighted by atomic mass is 15.2. The van der Waals surface area contributed by atoms with Gasteiger partial charge in [0.2, 0.25) is 0 Å². The van der Waals surface area contributed by atoms with Crippen molar-refractivity contribution in [1.29, 1.82) is 0 Å². The maximum atomic E-state index is 5.82. The lowest BCUT2D eigenvalue weighted by Crippen LogP contribution is -2.35. The normalized spacial score (nSPS) is 18.0. The SMILES string of the molecule is CC(C)CN=C(N)N(C)CC1CC1. The molecule has 0 saturated heterocycles. The molecule has 0 radical (unpaired) electrons. The van der Waals surface area contributed by atoms with Crippen LogP contribution in [-0.4, -0.2) is 31.0 Å². The number of nitrogens with zero attached hydrogens (tertiary/aromatic N) is 2. The molecule has 0 spiro atoms. The third-order valence-corrected chi connectivity index (χ3v) is 2.24. The summed E-state index contributed by atoms with van der Waals surface area (Å²) < 4.78 is 0. The van der Waals surface area contributed by atoms with Gasteiger partial charge in [-0.2, -0.15) is 0 Å². The molecular weight excluding hydrogens is 162 g/mol. The van der Waals surface area contributed by atoms with Gasteiger partial charge in [0, 0.05) is 20.1 Å². The van der Waals surface area contributed by atoms with Gasteiger partial charge in [-0.05, 0) is 24.7 Å². The molecule has 1 fully saturated rings. The summed E-state index contributed by atoms with van der Waals surface area (Å²) in [4.78, 5) is 6.39. The lowest BCUT2D eigenvalue weighted by Gasteiger charge is -2.17. The number of hydrogen-bond acceptors (Lipinski definition) is 1. The Balaban J connectivity index is 2.26. The van der Waals surface area contributed by atoms with Crippen LogP contribution in [-0.2, 0) is 0 Å². The average Bonchev–Trinajstić information content (AvgIpc) is 2.83. The molecule has 0 aliphatic heterocycles. The van der Waals surface area contributed by atoms with Crippen molar-refractivity contribution >= 4 is 5.96 Å². The highest BCUT2D eigenvalue weighted by Gasteiger charge is 2.23. The maximum Gasteiger partial charge on any atom is 0.191 e. The van der Waals surface area contributed by atoms with Crippen LogP contribution in [0.25, 0.3) is 0 Å². The van der Waals surface area contributed by atoms with Gasteiger partial charge in [0.05, 0.1) is 0 Å². The topological polar surface area (TPSA) is 41.6 Å². The minimum Gasteiger partial charge on any atom is -0.370 e. The van der Waals surface area contributed by atoms with Gasteiger partial charge < -0.3 is 10.6 Å². The van der Waals surface area contributed by atoms with E-state index in [-0.39, 0.29) is 0 Å². The lowest BCUT2D eigenvalue weighted by molar-refractivity contribution is 0.466. The van der Waals surface area contributed by atoms with Crippen molar-refractivity contribution in [2.75, 3.05) is 20.1 Å². The van der Waals surface area contributed by atoms with Crippen LogP contribution in [0, 0.1) is 11.8 Å².